The molecule has 2 heterocycles. The zero-order valence-electron chi connectivity index (χ0n) is 14.7. The molecule has 2 aromatic heterocycles. The summed E-state index contributed by atoms with van der Waals surface area (Å²) < 4.78 is 0. The number of aromatic nitrogens is 1. The Hall–Kier alpha value is -2.57. The normalized spacial score (nSPS) is 11.6. The van der Waals surface area contributed by atoms with Gasteiger partial charge in [-0.25, -0.2) is 5.43 Å². The number of anilines is 1. The first kappa shape index (κ1) is 18.2. The molecule has 3 rings (SSSR count). The van der Waals surface area contributed by atoms with E-state index in [-0.39, 0.29) is 5.91 Å². The van der Waals surface area contributed by atoms with Crippen LogP contribution in [0.4, 0.5) is 5.69 Å². The summed E-state index contributed by atoms with van der Waals surface area (Å²) in [6.07, 6.45) is 1.92. The largest absolute Gasteiger partial charge is 0.397 e. The van der Waals surface area contributed by atoms with Gasteiger partial charge >= 0.3 is 0 Å². The number of hydrogen-bond acceptors (Lipinski definition) is 4. The van der Waals surface area contributed by atoms with Gasteiger partial charge in [-0.2, -0.15) is 5.10 Å². The van der Waals surface area contributed by atoms with Gasteiger partial charge in [0.15, 0.2) is 0 Å². The second kappa shape index (κ2) is 7.35. The number of thiophene rings is 1. The number of carbonyl (C=O) groups excluding carboxylic acids is 1. The van der Waals surface area contributed by atoms with E-state index in [1.165, 1.54) is 11.3 Å². The Labute approximate surface area is 160 Å². The quantitative estimate of drug-likeness (QED) is 0.446. The number of nitrogens with one attached hydrogen (secondary N) is 2. The van der Waals surface area contributed by atoms with Gasteiger partial charge in [-0.05, 0) is 50.1 Å². The molecular weight excluding hydrogens is 368 g/mol. The van der Waals surface area contributed by atoms with Crippen LogP contribution in [0.2, 0.25) is 5.02 Å². The van der Waals surface area contributed by atoms with Crippen molar-refractivity contribution in [2.24, 2.45) is 5.10 Å². The van der Waals surface area contributed by atoms with Crippen LogP contribution in [-0.2, 0) is 0 Å². The average Bonchev–Trinajstić information content (AvgIpc) is 3.15. The smallest absolute Gasteiger partial charge is 0.283 e. The lowest BCUT2D eigenvalue weighted by atomic mass is 10.1. The first-order valence-corrected chi connectivity index (χ1v) is 9.21. The Balaban J connectivity index is 1.80. The minimum Gasteiger partial charge on any atom is -0.397 e. The van der Waals surface area contributed by atoms with E-state index >= 15 is 0 Å². The Bertz CT molecular complexity index is 966. The first-order valence-electron chi connectivity index (χ1n) is 8.01. The molecular formula is C19H19ClN4OS. The number of hydrogen-bond donors (Lipinski definition) is 3. The van der Waals surface area contributed by atoms with Crippen molar-refractivity contribution in [2.75, 3.05) is 5.73 Å². The standard InChI is InChI=1S/C19H19ClN4OS/c1-10-9-22-11(2)17(10)12(3)23-24-19(25)18-15(21)8-16(26-18)13-4-6-14(20)7-5-13/h4-9,22H,21H2,1-3H3,(H,24,25)/b23-12+. The Morgan fingerprint density at radius 2 is 1.96 bits per heavy atom. The van der Waals surface area contributed by atoms with Crippen LogP contribution < -0.4 is 11.2 Å². The predicted octanol–water partition coefficient (Wildman–Crippen LogP) is 4.75. The number of amides is 1. The van der Waals surface area contributed by atoms with Crippen molar-refractivity contribution >= 4 is 40.2 Å². The highest BCUT2D eigenvalue weighted by molar-refractivity contribution is 7.18. The molecule has 0 aliphatic heterocycles. The molecule has 0 aliphatic rings. The second-order valence-corrected chi connectivity index (χ2v) is 7.50. The number of nitrogens with zero attached hydrogens (tertiary/aromatic N) is 1. The number of nitrogen functional groups attached to an aromatic ring is 1. The average molecular weight is 387 g/mol. The van der Waals surface area contributed by atoms with E-state index in [2.05, 4.69) is 15.5 Å². The molecule has 0 saturated carbocycles. The van der Waals surface area contributed by atoms with Crippen LogP contribution in [0, 0.1) is 13.8 Å². The second-order valence-electron chi connectivity index (χ2n) is 6.01. The third kappa shape index (κ3) is 3.66. The van der Waals surface area contributed by atoms with Gasteiger partial charge in [0.1, 0.15) is 4.88 Å². The van der Waals surface area contributed by atoms with E-state index in [1.54, 1.807) is 6.07 Å². The minimum atomic E-state index is -0.321. The van der Waals surface area contributed by atoms with Crippen molar-refractivity contribution < 1.29 is 4.79 Å². The molecule has 0 unspecified atom stereocenters. The predicted molar refractivity (Wildman–Crippen MR) is 109 cm³/mol. The van der Waals surface area contributed by atoms with Crippen molar-refractivity contribution in [2.45, 2.75) is 20.8 Å². The summed E-state index contributed by atoms with van der Waals surface area (Å²) in [4.78, 5) is 17.0. The van der Waals surface area contributed by atoms with Crippen LogP contribution in [0.1, 0.15) is 33.4 Å². The lowest BCUT2D eigenvalue weighted by Gasteiger charge is -2.03. The third-order valence-corrected chi connectivity index (χ3v) is 5.51. The van der Waals surface area contributed by atoms with E-state index < -0.39 is 0 Å². The number of carbonyl (C=O) groups is 1. The third-order valence-electron chi connectivity index (χ3n) is 4.06. The summed E-state index contributed by atoms with van der Waals surface area (Å²) in [6, 6.07) is 9.20. The molecule has 0 bridgehead atoms. The van der Waals surface area contributed by atoms with Crippen molar-refractivity contribution in [3.63, 3.8) is 0 Å². The highest BCUT2D eigenvalue weighted by Crippen LogP contribution is 2.33. The Morgan fingerprint density at radius 3 is 2.58 bits per heavy atom. The van der Waals surface area contributed by atoms with Crippen molar-refractivity contribution in [3.8, 4) is 10.4 Å². The molecule has 26 heavy (non-hydrogen) atoms. The van der Waals surface area contributed by atoms with Crippen LogP contribution in [0.15, 0.2) is 41.6 Å². The van der Waals surface area contributed by atoms with Crippen LogP contribution in [0.25, 0.3) is 10.4 Å². The number of benzene rings is 1. The molecule has 1 amide bonds. The maximum absolute atomic E-state index is 12.5. The highest BCUT2D eigenvalue weighted by Gasteiger charge is 2.16. The van der Waals surface area contributed by atoms with Crippen molar-refractivity contribution in [3.05, 3.63) is 63.2 Å². The number of aromatic amines is 1. The monoisotopic (exact) mass is 386 g/mol. The summed E-state index contributed by atoms with van der Waals surface area (Å²) in [5.74, 6) is -0.321. The topological polar surface area (TPSA) is 83.3 Å². The summed E-state index contributed by atoms with van der Waals surface area (Å²) in [6.45, 7) is 5.83. The van der Waals surface area contributed by atoms with Gasteiger partial charge in [0.25, 0.3) is 5.91 Å². The maximum Gasteiger partial charge on any atom is 0.283 e. The molecule has 3 aromatic rings. The fraction of sp³-hybridized carbons (Fsp3) is 0.158. The summed E-state index contributed by atoms with van der Waals surface area (Å²) in [5.41, 5.74) is 13.9. The number of hydrazone groups is 1. The molecule has 0 aliphatic carbocycles. The van der Waals surface area contributed by atoms with Gasteiger partial charge in [-0.15, -0.1) is 11.3 Å². The van der Waals surface area contributed by atoms with Gasteiger partial charge in [0.05, 0.1) is 11.4 Å². The molecule has 0 spiro atoms. The lowest BCUT2D eigenvalue weighted by Crippen LogP contribution is -2.19. The summed E-state index contributed by atoms with van der Waals surface area (Å²) in [7, 11) is 0. The number of aryl methyl sites for hydroxylation is 2. The molecule has 5 nitrogen and oxygen atoms in total. The first-order chi connectivity index (χ1) is 12.4. The molecule has 1 aromatic carbocycles. The molecule has 0 fully saturated rings. The van der Waals surface area contributed by atoms with Crippen LogP contribution in [0.3, 0.4) is 0 Å². The van der Waals surface area contributed by atoms with Gasteiger partial charge in [0.2, 0.25) is 0 Å². The van der Waals surface area contributed by atoms with E-state index in [0.717, 1.165) is 33.0 Å². The Morgan fingerprint density at radius 1 is 1.27 bits per heavy atom. The molecule has 7 heteroatoms. The molecule has 0 atom stereocenters. The van der Waals surface area contributed by atoms with Crippen molar-refractivity contribution in [1.82, 2.24) is 10.4 Å². The number of halogens is 1. The van der Waals surface area contributed by atoms with Gasteiger partial charge in [-0.3, -0.25) is 4.79 Å². The van der Waals surface area contributed by atoms with E-state index in [4.69, 9.17) is 17.3 Å². The molecule has 0 radical (unpaired) electrons. The van der Waals surface area contributed by atoms with Gasteiger partial charge in [0, 0.05) is 27.4 Å². The Kier molecular flexibility index (Phi) is 5.15. The van der Waals surface area contributed by atoms with Crippen LogP contribution in [-0.4, -0.2) is 16.6 Å². The summed E-state index contributed by atoms with van der Waals surface area (Å²) >= 11 is 7.25. The molecule has 0 saturated heterocycles. The minimum absolute atomic E-state index is 0.321. The molecule has 134 valence electrons. The van der Waals surface area contributed by atoms with E-state index in [9.17, 15) is 4.79 Å². The van der Waals surface area contributed by atoms with Gasteiger partial charge < -0.3 is 10.7 Å². The zero-order chi connectivity index (χ0) is 18.8. The van der Waals surface area contributed by atoms with E-state index in [0.29, 0.717) is 15.6 Å². The van der Waals surface area contributed by atoms with Crippen LogP contribution in [0.5, 0.6) is 0 Å². The number of H-pyrrole nitrogens is 1. The molecule has 4 N–H and O–H groups in total. The summed E-state index contributed by atoms with van der Waals surface area (Å²) in [5, 5.41) is 4.89. The van der Waals surface area contributed by atoms with Crippen molar-refractivity contribution in [1.29, 1.82) is 0 Å². The fourth-order valence-electron chi connectivity index (χ4n) is 2.79. The number of rotatable bonds is 4. The SMILES string of the molecule is C/C(=N\NC(=O)c1sc(-c2ccc(Cl)cc2)cc1N)c1c(C)c[nH]c1C. The maximum atomic E-state index is 12.5. The van der Waals surface area contributed by atoms with Crippen LogP contribution >= 0.6 is 22.9 Å². The lowest BCUT2D eigenvalue weighted by molar-refractivity contribution is 0.0959. The van der Waals surface area contributed by atoms with Gasteiger partial charge in [-0.1, -0.05) is 23.7 Å². The van der Waals surface area contributed by atoms with E-state index in [1.807, 2.05) is 51.2 Å². The zero-order valence-corrected chi connectivity index (χ0v) is 16.3. The fourth-order valence-corrected chi connectivity index (χ4v) is 3.89. The highest BCUT2D eigenvalue weighted by atomic mass is 35.5. The number of nitrogens with two attached hydrogens (primary N) is 1.